The maximum Gasteiger partial charge on any atom is 0.238 e. The first kappa shape index (κ1) is 22.2. The fourth-order valence-electron chi connectivity index (χ4n) is 3.56. The molecule has 1 saturated carbocycles. The van der Waals surface area contributed by atoms with Crippen LogP contribution >= 0.6 is 11.8 Å². The monoisotopic (exact) mass is 425 g/mol. The van der Waals surface area contributed by atoms with Crippen molar-refractivity contribution in [1.82, 2.24) is 15.0 Å². The summed E-state index contributed by atoms with van der Waals surface area (Å²) in [5.41, 5.74) is 9.30. The van der Waals surface area contributed by atoms with E-state index in [4.69, 9.17) is 10.5 Å². The van der Waals surface area contributed by atoms with E-state index < -0.39 is 0 Å². The Kier molecular flexibility index (Phi) is 8.13. The molecular weight excluding hydrogens is 394 g/mol. The van der Waals surface area contributed by atoms with E-state index in [1.165, 1.54) is 25.0 Å². The summed E-state index contributed by atoms with van der Waals surface area (Å²) in [5.74, 6) is 2.59. The SMILES string of the molecule is CCSC.Cc1cc(N)cc2ncnc(Nc3cccnc3OC3CCCCC3)c12. The summed E-state index contributed by atoms with van der Waals surface area (Å²) in [6.45, 7) is 4.15. The lowest BCUT2D eigenvalue weighted by atomic mass is 9.98. The van der Waals surface area contributed by atoms with Gasteiger partial charge < -0.3 is 15.8 Å². The van der Waals surface area contributed by atoms with Gasteiger partial charge in [-0.05, 0) is 74.4 Å². The Morgan fingerprint density at radius 2 is 1.93 bits per heavy atom. The van der Waals surface area contributed by atoms with Crippen LogP contribution in [-0.2, 0) is 0 Å². The van der Waals surface area contributed by atoms with Gasteiger partial charge in [-0.3, -0.25) is 0 Å². The second-order valence-electron chi connectivity index (χ2n) is 7.39. The van der Waals surface area contributed by atoms with Gasteiger partial charge in [-0.2, -0.15) is 11.8 Å². The normalized spacial score (nSPS) is 14.1. The minimum absolute atomic E-state index is 0.239. The van der Waals surface area contributed by atoms with Crippen molar-refractivity contribution in [2.75, 3.05) is 23.1 Å². The van der Waals surface area contributed by atoms with Crippen LogP contribution in [0.3, 0.4) is 0 Å². The van der Waals surface area contributed by atoms with Gasteiger partial charge in [0.1, 0.15) is 23.9 Å². The second kappa shape index (κ2) is 11.0. The summed E-state index contributed by atoms with van der Waals surface area (Å²) in [4.78, 5) is 13.2. The van der Waals surface area contributed by atoms with Gasteiger partial charge in [-0.15, -0.1) is 0 Å². The summed E-state index contributed by atoms with van der Waals surface area (Å²) in [6, 6.07) is 7.65. The molecule has 30 heavy (non-hydrogen) atoms. The van der Waals surface area contributed by atoms with Crippen LogP contribution in [-0.4, -0.2) is 33.1 Å². The number of ether oxygens (including phenoxy) is 1. The average Bonchev–Trinajstić information content (AvgIpc) is 2.76. The smallest absolute Gasteiger partial charge is 0.238 e. The lowest BCUT2D eigenvalue weighted by molar-refractivity contribution is 0.149. The molecule has 0 aliphatic heterocycles. The molecule has 0 saturated heterocycles. The third-order valence-corrected chi connectivity index (χ3v) is 5.68. The van der Waals surface area contributed by atoms with Gasteiger partial charge in [0, 0.05) is 17.3 Å². The lowest BCUT2D eigenvalue weighted by Crippen LogP contribution is -2.20. The van der Waals surface area contributed by atoms with E-state index in [1.807, 2.05) is 43.0 Å². The number of hydrogen-bond donors (Lipinski definition) is 2. The zero-order valence-corrected chi connectivity index (χ0v) is 18.8. The molecule has 0 radical (unpaired) electrons. The summed E-state index contributed by atoms with van der Waals surface area (Å²) >= 11 is 1.86. The number of pyridine rings is 1. The molecule has 160 valence electrons. The van der Waals surface area contributed by atoms with Crippen molar-refractivity contribution in [1.29, 1.82) is 0 Å². The lowest BCUT2D eigenvalue weighted by Gasteiger charge is -2.23. The Bertz CT molecular complexity index is 957. The van der Waals surface area contributed by atoms with Crippen molar-refractivity contribution >= 4 is 39.9 Å². The molecule has 1 aliphatic rings. The Hall–Kier alpha value is -2.54. The molecule has 2 aromatic heterocycles. The predicted octanol–water partition coefficient (Wildman–Crippen LogP) is 5.74. The molecule has 0 bridgehead atoms. The first-order valence-electron chi connectivity index (χ1n) is 10.5. The van der Waals surface area contributed by atoms with Crippen LogP contribution in [0.5, 0.6) is 5.88 Å². The van der Waals surface area contributed by atoms with Crippen molar-refractivity contribution in [2.24, 2.45) is 0 Å². The highest BCUT2D eigenvalue weighted by Crippen LogP contribution is 2.32. The number of thioether (sulfide) groups is 1. The molecule has 4 rings (SSSR count). The minimum atomic E-state index is 0.239. The van der Waals surface area contributed by atoms with Crippen LogP contribution < -0.4 is 15.8 Å². The molecule has 1 fully saturated rings. The van der Waals surface area contributed by atoms with E-state index in [9.17, 15) is 0 Å². The maximum atomic E-state index is 6.18. The van der Waals surface area contributed by atoms with Crippen molar-refractivity contribution in [2.45, 2.75) is 52.1 Å². The maximum absolute atomic E-state index is 6.18. The van der Waals surface area contributed by atoms with Gasteiger partial charge in [-0.25, -0.2) is 15.0 Å². The first-order valence-corrected chi connectivity index (χ1v) is 11.9. The first-order chi connectivity index (χ1) is 14.6. The van der Waals surface area contributed by atoms with Crippen LogP contribution in [0, 0.1) is 6.92 Å². The Balaban J connectivity index is 0.000000589. The van der Waals surface area contributed by atoms with E-state index in [1.54, 1.807) is 12.5 Å². The second-order valence-corrected chi connectivity index (χ2v) is 8.55. The number of benzene rings is 1. The third-order valence-electron chi connectivity index (χ3n) is 5.10. The van der Waals surface area contributed by atoms with Gasteiger partial charge in [0.15, 0.2) is 0 Å². The Morgan fingerprint density at radius 3 is 2.67 bits per heavy atom. The standard InChI is InChI=1S/C20H23N5O.C3H8S/c1-13-10-14(21)11-17-18(13)19(24-12-23-17)25-16-8-5-9-22-20(16)26-15-6-3-2-4-7-15;1-3-4-2/h5,8-12,15H,2-4,6-7,21H2,1H3,(H,23,24,25);3H2,1-2H3. The molecule has 0 atom stereocenters. The largest absolute Gasteiger partial charge is 0.473 e. The summed E-state index contributed by atoms with van der Waals surface area (Å²) in [7, 11) is 0. The van der Waals surface area contributed by atoms with Crippen LogP contribution in [0.2, 0.25) is 0 Å². The van der Waals surface area contributed by atoms with E-state index in [-0.39, 0.29) is 6.10 Å². The van der Waals surface area contributed by atoms with Gasteiger partial charge in [0.05, 0.1) is 5.52 Å². The topological polar surface area (TPSA) is 86.0 Å². The van der Waals surface area contributed by atoms with Crippen LogP contribution in [0.15, 0.2) is 36.8 Å². The fraction of sp³-hybridized carbons (Fsp3) is 0.435. The van der Waals surface area contributed by atoms with E-state index >= 15 is 0 Å². The third kappa shape index (κ3) is 5.75. The van der Waals surface area contributed by atoms with Gasteiger partial charge in [0.2, 0.25) is 5.88 Å². The summed E-state index contributed by atoms with van der Waals surface area (Å²) in [5, 5.41) is 4.34. The molecule has 3 N–H and O–H groups in total. The van der Waals surface area contributed by atoms with Gasteiger partial charge >= 0.3 is 0 Å². The van der Waals surface area contributed by atoms with E-state index in [0.717, 1.165) is 40.8 Å². The number of nitrogen functional groups attached to an aromatic ring is 1. The number of hydrogen-bond acceptors (Lipinski definition) is 7. The number of aryl methyl sites for hydroxylation is 1. The number of aromatic nitrogens is 3. The molecule has 0 spiro atoms. The van der Waals surface area contributed by atoms with Crippen LogP contribution in [0.4, 0.5) is 17.2 Å². The molecular formula is C23H31N5OS. The van der Waals surface area contributed by atoms with Gasteiger partial charge in [0.25, 0.3) is 0 Å². The molecule has 1 aliphatic carbocycles. The zero-order chi connectivity index (χ0) is 21.3. The molecule has 6 nitrogen and oxygen atoms in total. The van der Waals surface area contributed by atoms with Crippen molar-refractivity contribution in [3.8, 4) is 5.88 Å². The zero-order valence-electron chi connectivity index (χ0n) is 18.0. The van der Waals surface area contributed by atoms with E-state index in [0.29, 0.717) is 11.6 Å². The van der Waals surface area contributed by atoms with Gasteiger partial charge in [-0.1, -0.05) is 13.3 Å². The van der Waals surface area contributed by atoms with E-state index in [2.05, 4.69) is 33.4 Å². The highest BCUT2D eigenvalue weighted by Gasteiger charge is 2.18. The van der Waals surface area contributed by atoms with Crippen molar-refractivity contribution in [3.05, 3.63) is 42.4 Å². The fourth-order valence-corrected chi connectivity index (χ4v) is 3.56. The van der Waals surface area contributed by atoms with Crippen molar-refractivity contribution < 1.29 is 4.74 Å². The van der Waals surface area contributed by atoms with Crippen LogP contribution in [0.25, 0.3) is 10.9 Å². The average molecular weight is 426 g/mol. The summed E-state index contributed by atoms with van der Waals surface area (Å²) in [6.07, 6.45) is 11.5. The number of nitrogens with two attached hydrogens (primary N) is 1. The van der Waals surface area contributed by atoms with Crippen LogP contribution in [0.1, 0.15) is 44.6 Å². The van der Waals surface area contributed by atoms with Crippen molar-refractivity contribution in [3.63, 3.8) is 0 Å². The highest BCUT2D eigenvalue weighted by molar-refractivity contribution is 7.98. The molecule has 3 aromatic rings. The quantitative estimate of drug-likeness (QED) is 0.504. The summed E-state index contributed by atoms with van der Waals surface area (Å²) < 4.78 is 6.18. The molecule has 0 amide bonds. The number of rotatable bonds is 5. The molecule has 2 heterocycles. The Labute approximate surface area is 183 Å². The Morgan fingerprint density at radius 1 is 1.17 bits per heavy atom. The number of nitrogens with zero attached hydrogens (tertiary/aromatic N) is 3. The minimum Gasteiger partial charge on any atom is -0.473 e. The predicted molar refractivity (Wildman–Crippen MR) is 128 cm³/mol. The number of fused-ring (bicyclic) bond motifs is 1. The highest BCUT2D eigenvalue weighted by atomic mass is 32.2. The molecule has 7 heteroatoms. The molecule has 0 unspecified atom stereocenters. The number of anilines is 3. The number of nitrogens with one attached hydrogen (secondary N) is 1. The molecule has 1 aromatic carbocycles.